The predicted octanol–water partition coefficient (Wildman–Crippen LogP) is 3.30. The van der Waals surface area contributed by atoms with Gasteiger partial charge in [-0.05, 0) is 23.6 Å². The fraction of sp³-hybridized carbons (Fsp3) is 0.348. The fourth-order valence-corrected chi connectivity index (χ4v) is 3.79. The van der Waals surface area contributed by atoms with Crippen LogP contribution in [0.15, 0.2) is 54.6 Å². The molecule has 3 aromatic rings. The van der Waals surface area contributed by atoms with E-state index >= 15 is 0 Å². The summed E-state index contributed by atoms with van der Waals surface area (Å²) in [6.45, 7) is 5.66. The summed E-state index contributed by atoms with van der Waals surface area (Å²) in [5, 5.41) is 5.91. The molecule has 3 amide bonds. The van der Waals surface area contributed by atoms with Crippen LogP contribution in [0.1, 0.15) is 25.8 Å². The number of nitrogens with zero attached hydrogens (tertiary/aromatic N) is 3. The molecule has 1 unspecified atom stereocenters. The molecule has 2 N–H and O–H groups in total. The molecule has 0 bridgehead atoms. The summed E-state index contributed by atoms with van der Waals surface area (Å²) >= 11 is 0. The van der Waals surface area contributed by atoms with Crippen molar-refractivity contribution in [2.75, 3.05) is 11.4 Å². The van der Waals surface area contributed by atoms with Gasteiger partial charge in [0.2, 0.25) is 11.9 Å². The van der Waals surface area contributed by atoms with E-state index < -0.39 is 6.04 Å². The summed E-state index contributed by atoms with van der Waals surface area (Å²) in [6, 6.07) is 16.7. The Morgan fingerprint density at radius 3 is 2.57 bits per heavy atom. The number of carbonyl (C=O) groups excluding carboxylic acids is 2. The molecule has 1 aliphatic heterocycles. The van der Waals surface area contributed by atoms with E-state index in [1.807, 2.05) is 73.0 Å². The van der Waals surface area contributed by atoms with Crippen LogP contribution in [-0.2, 0) is 17.9 Å². The number of imidazole rings is 1. The quantitative estimate of drug-likeness (QED) is 0.660. The first kappa shape index (κ1) is 19.9. The maximum Gasteiger partial charge on any atom is 0.324 e. The molecule has 4 rings (SSSR count). The van der Waals surface area contributed by atoms with E-state index in [1.54, 1.807) is 4.90 Å². The van der Waals surface area contributed by atoms with Crippen LogP contribution in [0.2, 0.25) is 0 Å². The van der Waals surface area contributed by atoms with Crippen molar-refractivity contribution < 1.29 is 9.59 Å². The summed E-state index contributed by atoms with van der Waals surface area (Å²) in [6.07, 6.45) is 0.780. The lowest BCUT2D eigenvalue weighted by Gasteiger charge is -2.26. The third-order valence-electron chi connectivity index (χ3n) is 5.75. The van der Waals surface area contributed by atoms with Gasteiger partial charge in [0, 0.05) is 19.6 Å². The molecule has 0 aliphatic carbocycles. The summed E-state index contributed by atoms with van der Waals surface area (Å²) in [4.78, 5) is 32.2. The van der Waals surface area contributed by atoms with E-state index in [1.165, 1.54) is 0 Å². The number of para-hydroxylation sites is 2. The molecule has 0 saturated carbocycles. The zero-order chi connectivity index (χ0) is 21.1. The average molecular weight is 406 g/mol. The van der Waals surface area contributed by atoms with Gasteiger partial charge in [0.25, 0.3) is 0 Å². The molecule has 7 nitrogen and oxygen atoms in total. The number of aromatic nitrogens is 2. The van der Waals surface area contributed by atoms with E-state index in [9.17, 15) is 9.59 Å². The maximum atomic E-state index is 13.1. The number of amides is 3. The third-order valence-corrected chi connectivity index (χ3v) is 5.75. The van der Waals surface area contributed by atoms with E-state index in [-0.39, 0.29) is 17.9 Å². The summed E-state index contributed by atoms with van der Waals surface area (Å²) in [5.41, 5.74) is 2.90. The van der Waals surface area contributed by atoms with Gasteiger partial charge in [0.15, 0.2) is 0 Å². The van der Waals surface area contributed by atoms with Crippen molar-refractivity contribution in [3.8, 4) is 0 Å². The van der Waals surface area contributed by atoms with Gasteiger partial charge < -0.3 is 15.2 Å². The highest BCUT2D eigenvalue weighted by Crippen LogP contribution is 2.27. The minimum atomic E-state index is -0.607. The van der Waals surface area contributed by atoms with Gasteiger partial charge in [0.1, 0.15) is 6.04 Å². The molecule has 1 aromatic heterocycles. The van der Waals surface area contributed by atoms with Gasteiger partial charge in [-0.1, -0.05) is 62.7 Å². The maximum absolute atomic E-state index is 13.1. The summed E-state index contributed by atoms with van der Waals surface area (Å²) < 4.78 is 2.04. The molecule has 0 radical (unpaired) electrons. The molecule has 2 heterocycles. The van der Waals surface area contributed by atoms with E-state index in [0.29, 0.717) is 25.6 Å². The van der Waals surface area contributed by atoms with Crippen LogP contribution in [0.3, 0.4) is 0 Å². The lowest BCUT2D eigenvalue weighted by Crippen LogP contribution is -2.53. The Morgan fingerprint density at radius 1 is 1.07 bits per heavy atom. The van der Waals surface area contributed by atoms with Crippen molar-refractivity contribution in [2.24, 2.45) is 5.92 Å². The highest BCUT2D eigenvalue weighted by atomic mass is 16.2. The van der Waals surface area contributed by atoms with Crippen molar-refractivity contribution >= 4 is 28.9 Å². The fourth-order valence-electron chi connectivity index (χ4n) is 3.79. The smallest absolute Gasteiger partial charge is 0.324 e. The SMILES string of the molecule is CCC(C)[C@H](NC(=O)N1CCn2c1nc1ccccc12)C(=O)NCc1ccccc1. The van der Waals surface area contributed by atoms with Crippen molar-refractivity contribution in [3.63, 3.8) is 0 Å². The van der Waals surface area contributed by atoms with Crippen LogP contribution in [0.5, 0.6) is 0 Å². The number of nitrogens with one attached hydrogen (secondary N) is 2. The van der Waals surface area contributed by atoms with Crippen LogP contribution in [0, 0.1) is 5.92 Å². The molecule has 1 aliphatic rings. The van der Waals surface area contributed by atoms with Crippen LogP contribution in [0.25, 0.3) is 11.0 Å². The van der Waals surface area contributed by atoms with Crippen LogP contribution in [0.4, 0.5) is 10.7 Å². The first-order valence-electron chi connectivity index (χ1n) is 10.4. The van der Waals surface area contributed by atoms with Crippen molar-refractivity contribution in [2.45, 2.75) is 39.4 Å². The zero-order valence-electron chi connectivity index (χ0n) is 17.3. The highest BCUT2D eigenvalue weighted by Gasteiger charge is 2.32. The van der Waals surface area contributed by atoms with Crippen molar-refractivity contribution in [3.05, 3.63) is 60.2 Å². The van der Waals surface area contributed by atoms with Crippen molar-refractivity contribution in [1.29, 1.82) is 0 Å². The van der Waals surface area contributed by atoms with E-state index in [4.69, 9.17) is 0 Å². The van der Waals surface area contributed by atoms with Gasteiger partial charge in [-0.15, -0.1) is 0 Å². The number of anilines is 1. The minimum absolute atomic E-state index is 0.00569. The van der Waals surface area contributed by atoms with Gasteiger partial charge in [0.05, 0.1) is 11.0 Å². The normalized spacial score (nSPS) is 14.9. The number of carbonyl (C=O) groups is 2. The van der Waals surface area contributed by atoms with Gasteiger partial charge in [-0.2, -0.15) is 0 Å². The Morgan fingerprint density at radius 2 is 1.80 bits per heavy atom. The second-order valence-electron chi connectivity index (χ2n) is 7.72. The zero-order valence-corrected chi connectivity index (χ0v) is 17.3. The molecule has 156 valence electrons. The Bertz CT molecular complexity index is 1050. The average Bonchev–Trinajstić information content (AvgIpc) is 3.35. The number of hydrogen-bond donors (Lipinski definition) is 2. The highest BCUT2D eigenvalue weighted by molar-refractivity contribution is 5.96. The molecule has 30 heavy (non-hydrogen) atoms. The van der Waals surface area contributed by atoms with Gasteiger partial charge in [-0.25, -0.2) is 9.78 Å². The molecule has 2 aromatic carbocycles. The van der Waals surface area contributed by atoms with Crippen molar-refractivity contribution in [1.82, 2.24) is 20.2 Å². The lowest BCUT2D eigenvalue weighted by molar-refractivity contribution is -0.124. The largest absolute Gasteiger partial charge is 0.350 e. The molecular formula is C23H27N5O2. The Labute approximate surface area is 176 Å². The number of hydrogen-bond acceptors (Lipinski definition) is 3. The number of fused-ring (bicyclic) bond motifs is 3. The number of benzene rings is 2. The van der Waals surface area contributed by atoms with Gasteiger partial charge >= 0.3 is 6.03 Å². The summed E-state index contributed by atoms with van der Waals surface area (Å²) in [5.74, 6) is 0.460. The molecule has 0 fully saturated rings. The topological polar surface area (TPSA) is 79.3 Å². The van der Waals surface area contributed by atoms with Crippen LogP contribution in [-0.4, -0.2) is 34.1 Å². The molecule has 0 saturated heterocycles. The Kier molecular flexibility index (Phi) is 5.70. The lowest BCUT2D eigenvalue weighted by atomic mass is 9.98. The molecular weight excluding hydrogens is 378 g/mol. The van der Waals surface area contributed by atoms with Gasteiger partial charge in [-0.3, -0.25) is 9.69 Å². The van der Waals surface area contributed by atoms with Crippen LogP contribution >= 0.6 is 0 Å². The third kappa shape index (κ3) is 3.87. The minimum Gasteiger partial charge on any atom is -0.350 e. The van der Waals surface area contributed by atoms with E-state index in [0.717, 1.165) is 23.0 Å². The number of urea groups is 1. The molecule has 7 heteroatoms. The standard InChI is InChI=1S/C23H27N5O2/c1-3-16(2)20(21(29)24-15-17-9-5-4-6-10-17)26-23(30)28-14-13-27-19-12-8-7-11-18(19)25-22(27)28/h4-12,16,20H,3,13-15H2,1-2H3,(H,24,29)(H,26,30)/t16?,20-/m0/s1. The summed E-state index contributed by atoms with van der Waals surface area (Å²) in [7, 11) is 0. The second-order valence-corrected chi connectivity index (χ2v) is 7.72. The first-order chi connectivity index (χ1) is 14.6. The predicted molar refractivity (Wildman–Crippen MR) is 117 cm³/mol. The van der Waals surface area contributed by atoms with Crippen LogP contribution < -0.4 is 15.5 Å². The Hall–Kier alpha value is -3.35. The Balaban J connectivity index is 1.47. The monoisotopic (exact) mass is 405 g/mol. The molecule has 0 spiro atoms. The second kappa shape index (κ2) is 8.57. The molecule has 2 atom stereocenters. The van der Waals surface area contributed by atoms with E-state index in [2.05, 4.69) is 15.6 Å². The number of rotatable bonds is 6. The first-order valence-corrected chi connectivity index (χ1v) is 10.4.